The van der Waals surface area contributed by atoms with Crippen LogP contribution in [-0.4, -0.2) is 57.3 Å². The molecule has 3 saturated heterocycles. The lowest BCUT2D eigenvalue weighted by molar-refractivity contribution is 0.107. The third-order valence-corrected chi connectivity index (χ3v) is 9.56. The standard InChI is InChI=1S/C33H34N4O2/c38-26-17-21-5-1-2-6-27(21)29(19-26)22-7-10-28-30(18-22)35-32(39-20-33-11-3-13-37(33)14-4-12-33)36-31(28)23-15-24-8-9-25(16-23)34-24/h1-2,5-7,10,15,17-19,24-25,34,38H,3-4,8-9,11-14,16,20H2. The molecular formula is C33H34N4O2. The zero-order valence-corrected chi connectivity index (χ0v) is 22.2. The number of nitrogens with zero attached hydrogens (tertiary/aromatic N) is 3. The summed E-state index contributed by atoms with van der Waals surface area (Å²) in [7, 11) is 0. The first kappa shape index (κ1) is 23.4. The summed E-state index contributed by atoms with van der Waals surface area (Å²) in [5.41, 5.74) is 5.37. The molecule has 1 aromatic heterocycles. The Morgan fingerprint density at radius 2 is 1.85 bits per heavy atom. The lowest BCUT2D eigenvalue weighted by Crippen LogP contribution is -2.43. The average Bonchev–Trinajstić information content (AvgIpc) is 3.64. The van der Waals surface area contributed by atoms with Crippen LogP contribution in [0.5, 0.6) is 11.8 Å². The van der Waals surface area contributed by atoms with Gasteiger partial charge < -0.3 is 15.2 Å². The van der Waals surface area contributed by atoms with Crippen molar-refractivity contribution in [3.8, 4) is 22.9 Å². The second-order valence-corrected chi connectivity index (χ2v) is 12.0. The maximum Gasteiger partial charge on any atom is 0.317 e. The minimum Gasteiger partial charge on any atom is -0.508 e. The first-order valence-corrected chi connectivity index (χ1v) is 14.5. The Kier molecular flexibility index (Phi) is 5.42. The molecule has 4 aliphatic heterocycles. The van der Waals surface area contributed by atoms with Crippen molar-refractivity contribution < 1.29 is 9.84 Å². The molecule has 8 rings (SSSR count). The van der Waals surface area contributed by atoms with Crippen LogP contribution in [0.1, 0.15) is 50.6 Å². The molecule has 5 heterocycles. The van der Waals surface area contributed by atoms with Gasteiger partial charge in [-0.25, -0.2) is 0 Å². The topological polar surface area (TPSA) is 70.5 Å². The monoisotopic (exact) mass is 518 g/mol. The van der Waals surface area contributed by atoms with Crippen LogP contribution in [-0.2, 0) is 0 Å². The van der Waals surface area contributed by atoms with E-state index in [1.165, 1.54) is 57.2 Å². The van der Waals surface area contributed by atoms with Gasteiger partial charge in [0.1, 0.15) is 12.4 Å². The van der Waals surface area contributed by atoms with Crippen molar-refractivity contribution in [2.24, 2.45) is 0 Å². The predicted molar refractivity (Wildman–Crippen MR) is 155 cm³/mol. The van der Waals surface area contributed by atoms with Gasteiger partial charge in [-0.3, -0.25) is 4.90 Å². The summed E-state index contributed by atoms with van der Waals surface area (Å²) >= 11 is 0. The van der Waals surface area contributed by atoms with Gasteiger partial charge in [-0.05, 0) is 110 Å². The van der Waals surface area contributed by atoms with Gasteiger partial charge >= 0.3 is 6.01 Å². The van der Waals surface area contributed by atoms with E-state index in [9.17, 15) is 5.11 Å². The molecular weight excluding hydrogens is 484 g/mol. The van der Waals surface area contributed by atoms with Gasteiger partial charge in [0.2, 0.25) is 0 Å². The van der Waals surface area contributed by atoms with Gasteiger partial charge in [0.15, 0.2) is 0 Å². The minimum atomic E-state index is 0.147. The summed E-state index contributed by atoms with van der Waals surface area (Å²) in [6.45, 7) is 3.01. The fraction of sp³-hybridized carbons (Fsp3) is 0.394. The van der Waals surface area contributed by atoms with Crippen LogP contribution >= 0.6 is 0 Å². The molecule has 2 bridgehead atoms. The molecule has 3 fully saturated rings. The van der Waals surface area contributed by atoms with Crippen molar-refractivity contribution in [1.29, 1.82) is 0 Å². The maximum atomic E-state index is 10.5. The summed E-state index contributed by atoms with van der Waals surface area (Å²) < 4.78 is 6.49. The van der Waals surface area contributed by atoms with Crippen LogP contribution in [0, 0.1) is 0 Å². The quantitative estimate of drug-likeness (QED) is 0.334. The molecule has 0 spiro atoms. The third kappa shape index (κ3) is 4.00. The number of benzene rings is 3. The zero-order chi connectivity index (χ0) is 26.0. The summed E-state index contributed by atoms with van der Waals surface area (Å²) in [4.78, 5) is 12.7. The van der Waals surface area contributed by atoms with E-state index in [1.54, 1.807) is 0 Å². The fourth-order valence-corrected chi connectivity index (χ4v) is 7.67. The zero-order valence-electron chi connectivity index (χ0n) is 22.2. The van der Waals surface area contributed by atoms with Crippen LogP contribution in [0.4, 0.5) is 0 Å². The number of phenolic OH excluding ortho intramolecular Hbond substituents is 1. The van der Waals surface area contributed by atoms with Crippen LogP contribution in [0.2, 0.25) is 0 Å². The van der Waals surface area contributed by atoms with Crippen molar-refractivity contribution in [3.63, 3.8) is 0 Å². The smallest absolute Gasteiger partial charge is 0.317 e. The number of rotatable bonds is 5. The summed E-state index contributed by atoms with van der Waals surface area (Å²) in [6, 6.07) is 19.7. The van der Waals surface area contributed by atoms with Crippen LogP contribution in [0.15, 0.2) is 60.7 Å². The van der Waals surface area contributed by atoms with E-state index >= 15 is 0 Å². The van der Waals surface area contributed by atoms with Crippen molar-refractivity contribution in [2.45, 2.75) is 62.6 Å². The molecule has 3 aromatic carbocycles. The Balaban J connectivity index is 1.24. The highest BCUT2D eigenvalue weighted by Crippen LogP contribution is 2.40. The third-order valence-electron chi connectivity index (χ3n) is 9.56. The van der Waals surface area contributed by atoms with E-state index in [-0.39, 0.29) is 11.3 Å². The van der Waals surface area contributed by atoms with Gasteiger partial charge in [-0.15, -0.1) is 0 Å². The molecule has 4 aromatic rings. The number of hydrogen-bond acceptors (Lipinski definition) is 6. The largest absolute Gasteiger partial charge is 0.508 e. The fourth-order valence-electron chi connectivity index (χ4n) is 7.67. The summed E-state index contributed by atoms with van der Waals surface area (Å²) in [6.07, 6.45) is 10.6. The molecule has 0 saturated carbocycles. The molecule has 198 valence electrons. The molecule has 39 heavy (non-hydrogen) atoms. The Morgan fingerprint density at radius 1 is 0.974 bits per heavy atom. The van der Waals surface area contributed by atoms with Crippen molar-refractivity contribution in [3.05, 3.63) is 66.4 Å². The van der Waals surface area contributed by atoms with E-state index in [1.807, 2.05) is 30.3 Å². The van der Waals surface area contributed by atoms with E-state index in [4.69, 9.17) is 14.7 Å². The van der Waals surface area contributed by atoms with Gasteiger partial charge in [-0.2, -0.15) is 9.97 Å². The molecule has 0 aliphatic carbocycles. The molecule has 6 heteroatoms. The van der Waals surface area contributed by atoms with Gasteiger partial charge in [0.05, 0.1) is 16.7 Å². The molecule has 2 N–H and O–H groups in total. The van der Waals surface area contributed by atoms with Gasteiger partial charge in [-0.1, -0.05) is 36.4 Å². The summed E-state index contributed by atoms with van der Waals surface area (Å²) in [5, 5.41) is 17.4. The Bertz CT molecular complexity index is 1620. The Labute approximate surface area is 228 Å². The number of ether oxygens (including phenoxy) is 1. The highest BCUT2D eigenvalue weighted by molar-refractivity contribution is 6.00. The van der Waals surface area contributed by atoms with Gasteiger partial charge in [0.25, 0.3) is 0 Å². The Hall–Kier alpha value is -3.48. The molecule has 4 aliphatic rings. The molecule has 2 atom stereocenters. The lowest BCUT2D eigenvalue weighted by Gasteiger charge is -2.31. The van der Waals surface area contributed by atoms with Crippen LogP contribution < -0.4 is 10.1 Å². The van der Waals surface area contributed by atoms with E-state index in [0.717, 1.165) is 44.9 Å². The molecule has 6 nitrogen and oxygen atoms in total. The van der Waals surface area contributed by atoms with Crippen LogP contribution in [0.3, 0.4) is 0 Å². The maximum absolute atomic E-state index is 10.5. The molecule has 2 unspecified atom stereocenters. The molecule has 0 radical (unpaired) electrons. The number of aromatic hydroxyl groups is 1. The predicted octanol–water partition coefficient (Wildman–Crippen LogP) is 6.07. The minimum absolute atomic E-state index is 0.147. The lowest BCUT2D eigenvalue weighted by atomic mass is 9.94. The highest BCUT2D eigenvalue weighted by Gasteiger charge is 2.45. The average molecular weight is 519 g/mol. The van der Waals surface area contributed by atoms with Gasteiger partial charge in [0, 0.05) is 17.5 Å². The number of fused-ring (bicyclic) bond motifs is 5. The second kappa shape index (κ2) is 9.04. The number of hydrogen-bond donors (Lipinski definition) is 2. The first-order valence-electron chi connectivity index (χ1n) is 14.5. The highest BCUT2D eigenvalue weighted by atomic mass is 16.5. The Morgan fingerprint density at radius 3 is 2.72 bits per heavy atom. The van der Waals surface area contributed by atoms with E-state index in [0.29, 0.717) is 24.7 Å². The molecule has 0 amide bonds. The summed E-state index contributed by atoms with van der Waals surface area (Å²) in [5.74, 6) is 0.267. The van der Waals surface area contributed by atoms with Crippen molar-refractivity contribution in [1.82, 2.24) is 20.2 Å². The number of nitrogens with one attached hydrogen (secondary N) is 1. The van der Waals surface area contributed by atoms with Crippen molar-refractivity contribution in [2.75, 3.05) is 19.7 Å². The normalized spacial score (nSPS) is 23.8. The van der Waals surface area contributed by atoms with Crippen LogP contribution in [0.25, 0.3) is 38.4 Å². The van der Waals surface area contributed by atoms with Crippen molar-refractivity contribution >= 4 is 27.2 Å². The van der Waals surface area contributed by atoms with E-state index in [2.05, 4.69) is 40.6 Å². The SMILES string of the molecule is Oc1cc(-c2ccc3c(C4=CC5CCC(C4)N5)nc(OCC45CCCN4CCC5)nc3c2)c2ccccc2c1. The first-order chi connectivity index (χ1) is 19.1. The second-order valence-electron chi connectivity index (χ2n) is 12.0. The van der Waals surface area contributed by atoms with E-state index < -0.39 is 0 Å². The number of phenols is 1. The number of aromatic nitrogens is 2.